The van der Waals surface area contributed by atoms with Gasteiger partial charge in [0.25, 0.3) is 0 Å². The average molecular weight is 239 g/mol. The van der Waals surface area contributed by atoms with Gasteiger partial charge >= 0.3 is 5.97 Å². The topological polar surface area (TPSA) is 29.5 Å². The molecule has 0 bridgehead atoms. The van der Waals surface area contributed by atoms with Crippen LogP contribution < -0.4 is 0 Å². The minimum Gasteiger partial charge on any atom is -0.443 e. The van der Waals surface area contributed by atoms with Gasteiger partial charge in [-0.25, -0.2) is 4.79 Å². The van der Waals surface area contributed by atoms with Crippen LogP contribution in [0.15, 0.2) is 12.2 Å². The van der Waals surface area contributed by atoms with Crippen LogP contribution in [-0.4, -0.2) is 29.7 Å². The van der Waals surface area contributed by atoms with Gasteiger partial charge < -0.3 is 4.74 Å². The first-order chi connectivity index (χ1) is 7.59. The van der Waals surface area contributed by atoms with Crippen LogP contribution in [0, 0.1) is 5.41 Å². The Balaban J connectivity index is 2.80. The second kappa shape index (κ2) is 4.45. The molecule has 1 atom stereocenters. The lowest BCUT2D eigenvalue weighted by molar-refractivity contribution is -0.177. The monoisotopic (exact) mass is 239 g/mol. The Morgan fingerprint density at radius 1 is 1.35 bits per heavy atom. The molecule has 1 heterocycles. The highest BCUT2D eigenvalue weighted by Gasteiger charge is 2.47. The summed E-state index contributed by atoms with van der Waals surface area (Å²) in [5.74, 6) is -0.294. The molecule has 3 nitrogen and oxygen atoms in total. The number of hydrogen-bond acceptors (Lipinski definition) is 3. The van der Waals surface area contributed by atoms with Gasteiger partial charge in [-0.2, -0.15) is 0 Å². The molecule has 1 saturated heterocycles. The number of carbonyl (C=O) groups excluding carboxylic acids is 1. The van der Waals surface area contributed by atoms with Crippen molar-refractivity contribution in [3.8, 4) is 0 Å². The minimum atomic E-state index is -0.294. The first kappa shape index (κ1) is 14.2. The summed E-state index contributed by atoms with van der Waals surface area (Å²) >= 11 is 0. The highest BCUT2D eigenvalue weighted by atomic mass is 16.6. The van der Waals surface area contributed by atoms with Crippen molar-refractivity contribution >= 4 is 5.97 Å². The summed E-state index contributed by atoms with van der Waals surface area (Å²) in [6.07, 6.45) is 1.80. The van der Waals surface area contributed by atoms with Crippen molar-refractivity contribution in [3.05, 3.63) is 12.2 Å². The molecule has 1 unspecified atom stereocenters. The summed E-state index contributed by atoms with van der Waals surface area (Å²) in [5.41, 5.74) is 0.681. The van der Waals surface area contributed by atoms with E-state index in [0.717, 1.165) is 12.8 Å². The SMILES string of the molecule is C=C(C)C(=O)OC1CCC(C)(C)C(C)(C)N1C. The molecule has 0 radical (unpaired) electrons. The number of hydrogen-bond donors (Lipinski definition) is 0. The van der Waals surface area contributed by atoms with Crippen LogP contribution in [0.2, 0.25) is 0 Å². The Labute approximate surface area is 105 Å². The van der Waals surface area contributed by atoms with Gasteiger partial charge in [0.2, 0.25) is 0 Å². The minimum absolute atomic E-state index is 0.00523. The van der Waals surface area contributed by atoms with Gasteiger partial charge in [0.1, 0.15) is 0 Å². The second-order valence-electron chi connectivity index (χ2n) is 6.23. The molecule has 0 aromatic carbocycles. The van der Waals surface area contributed by atoms with Crippen molar-refractivity contribution < 1.29 is 9.53 Å². The molecule has 1 aliphatic heterocycles. The van der Waals surface area contributed by atoms with Gasteiger partial charge in [-0.05, 0) is 46.1 Å². The molecule has 1 aliphatic rings. The number of esters is 1. The van der Waals surface area contributed by atoms with Crippen molar-refractivity contribution in [2.45, 2.75) is 59.2 Å². The number of ether oxygens (including phenoxy) is 1. The molecule has 17 heavy (non-hydrogen) atoms. The number of piperidine rings is 1. The smallest absolute Gasteiger partial charge is 0.334 e. The molecule has 0 saturated carbocycles. The van der Waals surface area contributed by atoms with Crippen molar-refractivity contribution in [1.29, 1.82) is 0 Å². The second-order valence-corrected chi connectivity index (χ2v) is 6.23. The van der Waals surface area contributed by atoms with Gasteiger partial charge in [-0.15, -0.1) is 0 Å². The Bertz CT molecular complexity index is 331. The molecule has 3 heteroatoms. The molecule has 0 amide bonds. The largest absolute Gasteiger partial charge is 0.443 e. The molecule has 0 aromatic heterocycles. The van der Waals surface area contributed by atoms with E-state index in [1.807, 2.05) is 7.05 Å². The number of likely N-dealkylation sites (tertiary alicyclic amines) is 1. The highest BCUT2D eigenvalue weighted by molar-refractivity contribution is 5.87. The third-order valence-electron chi connectivity index (χ3n) is 4.58. The predicted molar refractivity (Wildman–Crippen MR) is 69.6 cm³/mol. The summed E-state index contributed by atoms with van der Waals surface area (Å²) in [4.78, 5) is 13.7. The Kier molecular flexibility index (Phi) is 3.72. The van der Waals surface area contributed by atoms with Gasteiger partial charge in [0, 0.05) is 11.1 Å². The van der Waals surface area contributed by atoms with E-state index in [4.69, 9.17) is 4.74 Å². The van der Waals surface area contributed by atoms with Gasteiger partial charge in [0.05, 0.1) is 0 Å². The molecule has 1 rings (SSSR count). The van der Waals surface area contributed by atoms with E-state index in [-0.39, 0.29) is 23.2 Å². The van der Waals surface area contributed by atoms with Crippen LogP contribution >= 0.6 is 0 Å². The number of carbonyl (C=O) groups is 1. The van der Waals surface area contributed by atoms with Crippen LogP contribution in [0.25, 0.3) is 0 Å². The van der Waals surface area contributed by atoms with E-state index in [1.165, 1.54) is 0 Å². The average Bonchev–Trinajstić information content (AvgIpc) is 2.20. The fraction of sp³-hybridized carbons (Fsp3) is 0.786. The predicted octanol–water partition coefficient (Wildman–Crippen LogP) is 2.96. The molecule has 0 aliphatic carbocycles. The molecule has 0 spiro atoms. The van der Waals surface area contributed by atoms with E-state index in [9.17, 15) is 4.79 Å². The maximum atomic E-state index is 11.6. The summed E-state index contributed by atoms with van der Waals surface area (Å²) in [6.45, 7) is 14.2. The van der Waals surface area contributed by atoms with Gasteiger partial charge in [-0.1, -0.05) is 20.4 Å². The number of rotatable bonds is 2. The van der Waals surface area contributed by atoms with Crippen LogP contribution in [0.5, 0.6) is 0 Å². The van der Waals surface area contributed by atoms with Crippen molar-refractivity contribution in [1.82, 2.24) is 4.90 Å². The van der Waals surface area contributed by atoms with Crippen LogP contribution in [0.4, 0.5) is 0 Å². The maximum Gasteiger partial charge on any atom is 0.334 e. The third-order valence-corrected chi connectivity index (χ3v) is 4.58. The van der Waals surface area contributed by atoms with Crippen molar-refractivity contribution in [2.75, 3.05) is 7.05 Å². The molecule has 1 fully saturated rings. The molecule has 0 N–H and O–H groups in total. The lowest BCUT2D eigenvalue weighted by atomic mass is 9.68. The lowest BCUT2D eigenvalue weighted by Gasteiger charge is -2.54. The highest BCUT2D eigenvalue weighted by Crippen LogP contribution is 2.44. The lowest BCUT2D eigenvalue weighted by Crippen LogP contribution is -2.60. The van der Waals surface area contributed by atoms with E-state index < -0.39 is 0 Å². The number of nitrogens with zero attached hydrogens (tertiary/aromatic N) is 1. The molecule has 98 valence electrons. The molecular formula is C14H25NO2. The quantitative estimate of drug-likeness (QED) is 0.548. The van der Waals surface area contributed by atoms with Crippen LogP contribution in [0.3, 0.4) is 0 Å². The maximum absolute atomic E-state index is 11.6. The Hall–Kier alpha value is -0.830. The van der Waals surface area contributed by atoms with Gasteiger partial charge in [0.15, 0.2) is 6.23 Å². The van der Waals surface area contributed by atoms with Crippen LogP contribution in [0.1, 0.15) is 47.5 Å². The normalized spacial score (nSPS) is 27.5. The zero-order valence-corrected chi connectivity index (χ0v) is 12.0. The van der Waals surface area contributed by atoms with E-state index >= 15 is 0 Å². The molecule has 0 aromatic rings. The standard InChI is InChI=1S/C14H25NO2/c1-10(2)12(16)17-11-8-9-13(3,4)14(5,6)15(11)7/h11H,1,8-9H2,2-7H3. The van der Waals surface area contributed by atoms with Crippen LogP contribution in [-0.2, 0) is 9.53 Å². The summed E-state index contributed by atoms with van der Waals surface area (Å²) < 4.78 is 5.48. The Morgan fingerprint density at radius 2 is 1.88 bits per heavy atom. The van der Waals surface area contributed by atoms with E-state index in [0.29, 0.717) is 5.57 Å². The van der Waals surface area contributed by atoms with Crippen molar-refractivity contribution in [3.63, 3.8) is 0 Å². The van der Waals surface area contributed by atoms with E-state index in [1.54, 1.807) is 6.92 Å². The third kappa shape index (κ3) is 2.54. The zero-order valence-electron chi connectivity index (χ0n) is 12.0. The zero-order chi connectivity index (χ0) is 13.4. The fourth-order valence-corrected chi connectivity index (χ4v) is 2.18. The summed E-state index contributed by atoms with van der Waals surface area (Å²) in [7, 11) is 2.03. The Morgan fingerprint density at radius 3 is 2.35 bits per heavy atom. The molecular weight excluding hydrogens is 214 g/mol. The van der Waals surface area contributed by atoms with E-state index in [2.05, 4.69) is 39.2 Å². The summed E-state index contributed by atoms with van der Waals surface area (Å²) in [5, 5.41) is 0. The fourth-order valence-electron chi connectivity index (χ4n) is 2.18. The first-order valence-electron chi connectivity index (χ1n) is 6.19. The van der Waals surface area contributed by atoms with Crippen molar-refractivity contribution in [2.24, 2.45) is 5.41 Å². The first-order valence-corrected chi connectivity index (χ1v) is 6.19. The summed E-state index contributed by atoms with van der Waals surface area (Å²) in [6, 6.07) is 0. The van der Waals surface area contributed by atoms with Gasteiger partial charge in [-0.3, -0.25) is 4.90 Å².